The molecule has 17 heavy (non-hydrogen) atoms. The zero-order chi connectivity index (χ0) is 12.3. The van der Waals surface area contributed by atoms with E-state index >= 15 is 0 Å². The van der Waals surface area contributed by atoms with Crippen molar-refractivity contribution in [2.45, 2.75) is 23.5 Å². The second-order valence-electron chi connectivity index (χ2n) is 3.87. The van der Waals surface area contributed by atoms with Crippen LogP contribution in [0.3, 0.4) is 0 Å². The van der Waals surface area contributed by atoms with E-state index in [0.717, 1.165) is 17.5 Å². The van der Waals surface area contributed by atoms with Gasteiger partial charge in [0, 0.05) is 18.5 Å². The average Bonchev–Trinajstić information content (AvgIpc) is 2.64. The Balaban J connectivity index is 2.11. The molecule has 0 saturated heterocycles. The first-order valence-corrected chi connectivity index (χ1v) is 6.29. The Morgan fingerprint density at radius 3 is 2.47 bits per heavy atom. The minimum atomic E-state index is 0.897. The zero-order valence-electron chi connectivity index (χ0n) is 10.3. The molecular formula is C12H16N4S. The third kappa shape index (κ3) is 2.87. The summed E-state index contributed by atoms with van der Waals surface area (Å²) in [7, 11) is 3.93. The van der Waals surface area contributed by atoms with Crippen LogP contribution in [0, 0.1) is 6.92 Å². The van der Waals surface area contributed by atoms with E-state index in [2.05, 4.69) is 39.8 Å². The second-order valence-corrected chi connectivity index (χ2v) is 4.91. The first kappa shape index (κ1) is 12.1. The summed E-state index contributed by atoms with van der Waals surface area (Å²) in [5.41, 5.74) is 1.28. The summed E-state index contributed by atoms with van der Waals surface area (Å²) in [6, 6.07) is 8.48. The summed E-state index contributed by atoms with van der Waals surface area (Å²) in [4.78, 5) is 1.18. The molecule has 1 aromatic carbocycles. The van der Waals surface area contributed by atoms with Crippen molar-refractivity contribution in [1.29, 1.82) is 0 Å². The predicted molar refractivity (Wildman–Crippen MR) is 69.1 cm³/mol. The largest absolute Gasteiger partial charge is 0.316 e. The average molecular weight is 248 g/mol. The lowest BCUT2D eigenvalue weighted by atomic mass is 10.2. The number of rotatable bonds is 4. The van der Waals surface area contributed by atoms with Gasteiger partial charge < -0.3 is 9.88 Å². The monoisotopic (exact) mass is 248 g/mol. The molecule has 2 rings (SSSR count). The van der Waals surface area contributed by atoms with Crippen molar-refractivity contribution in [2.75, 3.05) is 7.05 Å². The Morgan fingerprint density at radius 1 is 1.24 bits per heavy atom. The highest BCUT2D eigenvalue weighted by Gasteiger charge is 2.06. The van der Waals surface area contributed by atoms with E-state index < -0.39 is 0 Å². The Morgan fingerprint density at radius 2 is 1.94 bits per heavy atom. The van der Waals surface area contributed by atoms with Crippen LogP contribution < -0.4 is 5.32 Å². The molecule has 0 bridgehead atoms. The summed E-state index contributed by atoms with van der Waals surface area (Å²) in [5.74, 6) is 0.930. The summed E-state index contributed by atoms with van der Waals surface area (Å²) < 4.78 is 1.99. The van der Waals surface area contributed by atoms with E-state index in [4.69, 9.17) is 0 Å². The van der Waals surface area contributed by atoms with Crippen molar-refractivity contribution in [1.82, 2.24) is 20.1 Å². The standard InChI is InChI=1S/C12H16N4S/c1-9-14-15-12(16(9)3)17-11-6-4-10(5-7-11)8-13-2/h4-7,13H,8H2,1-3H3. The SMILES string of the molecule is CNCc1ccc(Sc2nnc(C)n2C)cc1. The van der Waals surface area contributed by atoms with Gasteiger partial charge in [0.25, 0.3) is 0 Å². The fraction of sp³-hybridized carbons (Fsp3) is 0.333. The molecule has 4 nitrogen and oxygen atoms in total. The maximum Gasteiger partial charge on any atom is 0.195 e. The van der Waals surface area contributed by atoms with Gasteiger partial charge in [-0.2, -0.15) is 0 Å². The number of hydrogen-bond acceptors (Lipinski definition) is 4. The number of nitrogens with zero attached hydrogens (tertiary/aromatic N) is 3. The van der Waals surface area contributed by atoms with Gasteiger partial charge in [-0.05, 0) is 43.4 Å². The van der Waals surface area contributed by atoms with E-state index in [1.165, 1.54) is 10.5 Å². The number of nitrogens with one attached hydrogen (secondary N) is 1. The summed E-state index contributed by atoms with van der Waals surface area (Å²) in [6.07, 6.45) is 0. The van der Waals surface area contributed by atoms with Gasteiger partial charge in [0.15, 0.2) is 5.16 Å². The van der Waals surface area contributed by atoms with Crippen LogP contribution in [0.15, 0.2) is 34.3 Å². The van der Waals surface area contributed by atoms with Crippen molar-refractivity contribution >= 4 is 11.8 Å². The van der Waals surface area contributed by atoms with Gasteiger partial charge >= 0.3 is 0 Å². The molecule has 90 valence electrons. The first-order chi connectivity index (χ1) is 8.20. The molecule has 0 amide bonds. The molecule has 0 unspecified atom stereocenters. The van der Waals surface area contributed by atoms with Crippen LogP contribution in [0.5, 0.6) is 0 Å². The number of hydrogen-bond donors (Lipinski definition) is 1. The molecule has 0 aliphatic carbocycles. The van der Waals surface area contributed by atoms with Crippen LogP contribution in [-0.2, 0) is 13.6 Å². The third-order valence-corrected chi connectivity index (χ3v) is 3.61. The van der Waals surface area contributed by atoms with Crippen LogP contribution in [0.25, 0.3) is 0 Å². The molecule has 0 atom stereocenters. The smallest absolute Gasteiger partial charge is 0.195 e. The van der Waals surface area contributed by atoms with E-state index in [0.29, 0.717) is 0 Å². The topological polar surface area (TPSA) is 42.7 Å². The molecule has 1 aromatic heterocycles. The molecule has 0 spiro atoms. The van der Waals surface area contributed by atoms with E-state index in [1.807, 2.05) is 25.6 Å². The van der Waals surface area contributed by atoms with Crippen molar-refractivity contribution in [3.63, 3.8) is 0 Å². The van der Waals surface area contributed by atoms with Crippen molar-refractivity contribution in [3.05, 3.63) is 35.7 Å². The highest BCUT2D eigenvalue weighted by molar-refractivity contribution is 7.99. The number of aromatic nitrogens is 3. The first-order valence-electron chi connectivity index (χ1n) is 5.48. The van der Waals surface area contributed by atoms with Gasteiger partial charge in [-0.15, -0.1) is 10.2 Å². The van der Waals surface area contributed by atoms with Crippen LogP contribution in [0.1, 0.15) is 11.4 Å². The molecule has 0 aliphatic heterocycles. The van der Waals surface area contributed by atoms with Crippen LogP contribution >= 0.6 is 11.8 Å². The zero-order valence-corrected chi connectivity index (χ0v) is 11.1. The van der Waals surface area contributed by atoms with E-state index in [1.54, 1.807) is 11.8 Å². The summed E-state index contributed by atoms with van der Waals surface area (Å²) >= 11 is 1.63. The molecule has 2 aromatic rings. The maximum absolute atomic E-state index is 4.13. The van der Waals surface area contributed by atoms with Gasteiger partial charge in [0.05, 0.1) is 0 Å². The van der Waals surface area contributed by atoms with Crippen LogP contribution in [0.4, 0.5) is 0 Å². The minimum Gasteiger partial charge on any atom is -0.316 e. The lowest BCUT2D eigenvalue weighted by Gasteiger charge is -2.03. The van der Waals surface area contributed by atoms with E-state index in [-0.39, 0.29) is 0 Å². The van der Waals surface area contributed by atoms with Gasteiger partial charge in [0.2, 0.25) is 0 Å². The molecule has 0 radical (unpaired) electrons. The van der Waals surface area contributed by atoms with Gasteiger partial charge in [-0.3, -0.25) is 0 Å². The fourth-order valence-corrected chi connectivity index (χ4v) is 2.30. The van der Waals surface area contributed by atoms with E-state index in [9.17, 15) is 0 Å². The Bertz CT molecular complexity index is 490. The molecule has 1 N–H and O–H groups in total. The molecule has 1 heterocycles. The van der Waals surface area contributed by atoms with Crippen molar-refractivity contribution < 1.29 is 0 Å². The maximum atomic E-state index is 4.13. The quantitative estimate of drug-likeness (QED) is 0.898. The van der Waals surface area contributed by atoms with Crippen LogP contribution in [0.2, 0.25) is 0 Å². The normalized spacial score (nSPS) is 10.8. The lowest BCUT2D eigenvalue weighted by molar-refractivity contribution is 0.765. The Labute approximate surface area is 105 Å². The van der Waals surface area contributed by atoms with Crippen molar-refractivity contribution in [2.24, 2.45) is 7.05 Å². The van der Waals surface area contributed by atoms with Gasteiger partial charge in [0.1, 0.15) is 5.82 Å². The summed E-state index contributed by atoms with van der Waals surface area (Å²) in [5, 5.41) is 12.2. The highest BCUT2D eigenvalue weighted by Crippen LogP contribution is 2.25. The molecule has 0 saturated carbocycles. The molecule has 5 heteroatoms. The number of benzene rings is 1. The summed E-state index contributed by atoms with van der Waals surface area (Å²) in [6.45, 7) is 2.85. The lowest BCUT2D eigenvalue weighted by Crippen LogP contribution is -2.04. The predicted octanol–water partition coefficient (Wildman–Crippen LogP) is 1.99. The van der Waals surface area contributed by atoms with Gasteiger partial charge in [-0.1, -0.05) is 12.1 Å². The second kappa shape index (κ2) is 5.33. The highest BCUT2D eigenvalue weighted by atomic mass is 32.2. The minimum absolute atomic E-state index is 0.897. The molecular weight excluding hydrogens is 232 g/mol. The number of aryl methyl sites for hydroxylation is 1. The van der Waals surface area contributed by atoms with Gasteiger partial charge in [-0.25, -0.2) is 0 Å². The third-order valence-electron chi connectivity index (χ3n) is 2.57. The Kier molecular flexibility index (Phi) is 3.81. The fourth-order valence-electron chi connectivity index (χ4n) is 1.46. The van der Waals surface area contributed by atoms with Crippen LogP contribution in [-0.4, -0.2) is 21.8 Å². The Hall–Kier alpha value is -1.33. The molecule has 0 fully saturated rings. The van der Waals surface area contributed by atoms with Crippen molar-refractivity contribution in [3.8, 4) is 0 Å². The molecule has 0 aliphatic rings.